The smallest absolute Gasteiger partial charge is 0.211 e. The molecule has 0 unspecified atom stereocenters. The number of aromatic nitrogens is 2. The first-order valence-electron chi connectivity index (χ1n) is 10.4. The average Bonchev–Trinajstić information content (AvgIpc) is 3.34. The Kier molecular flexibility index (Phi) is 4.84. The topological polar surface area (TPSA) is 82.8 Å². The van der Waals surface area contributed by atoms with E-state index < -0.39 is 10.0 Å². The van der Waals surface area contributed by atoms with E-state index in [0.717, 1.165) is 40.9 Å². The monoisotopic (exact) mass is 417 g/mol. The van der Waals surface area contributed by atoms with E-state index in [4.69, 9.17) is 4.63 Å². The molecule has 0 bridgehead atoms. The maximum atomic E-state index is 11.8. The van der Waals surface area contributed by atoms with Crippen molar-refractivity contribution < 1.29 is 13.0 Å². The van der Waals surface area contributed by atoms with Gasteiger partial charge in [0, 0.05) is 38.6 Å². The lowest BCUT2D eigenvalue weighted by Gasteiger charge is -2.42. The van der Waals surface area contributed by atoms with Crippen LogP contribution in [0.1, 0.15) is 24.8 Å². The maximum Gasteiger partial charge on any atom is 0.211 e. The van der Waals surface area contributed by atoms with Crippen LogP contribution in [-0.2, 0) is 10.0 Å². The van der Waals surface area contributed by atoms with Gasteiger partial charge in [-0.1, -0.05) is 6.08 Å². The third-order valence-corrected chi connectivity index (χ3v) is 7.64. The lowest BCUT2D eigenvalue weighted by Crippen LogP contribution is -2.51. The molecule has 0 radical (unpaired) electrons. The highest BCUT2D eigenvalue weighted by Crippen LogP contribution is 2.35. The lowest BCUT2D eigenvalue weighted by molar-refractivity contribution is 0.247. The van der Waals surface area contributed by atoms with E-state index in [-0.39, 0.29) is 0 Å². The number of fused-ring (bicyclic) bond motifs is 1. The van der Waals surface area contributed by atoms with Crippen LogP contribution >= 0.6 is 0 Å². The molecule has 0 spiro atoms. The van der Waals surface area contributed by atoms with E-state index in [9.17, 15) is 8.42 Å². The zero-order chi connectivity index (χ0) is 20.0. The molecule has 1 aromatic heterocycles. The third kappa shape index (κ3) is 3.78. The van der Waals surface area contributed by atoms with Gasteiger partial charge in [-0.25, -0.2) is 13.0 Å². The molecule has 9 heteroatoms. The summed E-state index contributed by atoms with van der Waals surface area (Å²) in [5.74, 6) is 0.698. The highest BCUT2D eigenvalue weighted by atomic mass is 32.2. The summed E-state index contributed by atoms with van der Waals surface area (Å²) in [7, 11) is -3.15. The fourth-order valence-corrected chi connectivity index (χ4v) is 5.49. The summed E-state index contributed by atoms with van der Waals surface area (Å²) in [6.45, 7) is 6.65. The van der Waals surface area contributed by atoms with Gasteiger partial charge in [-0.2, -0.15) is 4.31 Å². The van der Waals surface area contributed by atoms with Crippen LogP contribution in [0, 0.1) is 5.92 Å². The molecule has 3 aliphatic rings. The summed E-state index contributed by atoms with van der Waals surface area (Å²) >= 11 is 0. The van der Waals surface area contributed by atoms with Gasteiger partial charge in [0.1, 0.15) is 5.52 Å². The van der Waals surface area contributed by atoms with E-state index in [0.29, 0.717) is 25.4 Å². The molecule has 2 fully saturated rings. The Morgan fingerprint density at radius 1 is 1.14 bits per heavy atom. The number of benzene rings is 1. The molecule has 3 aliphatic heterocycles. The largest absolute Gasteiger partial charge is 0.369 e. The SMILES string of the molecule is CS(=O)(=O)N1CC=C(c2cc(N3CC(CN4CCCC4)C3)c3nonc3c2)CC1. The Hall–Kier alpha value is -1.97. The molecule has 2 saturated heterocycles. The second-order valence-electron chi connectivity index (χ2n) is 8.51. The molecule has 0 amide bonds. The minimum Gasteiger partial charge on any atom is -0.369 e. The molecule has 5 rings (SSSR count). The Labute approximate surface area is 171 Å². The second kappa shape index (κ2) is 7.37. The first kappa shape index (κ1) is 19.0. The molecule has 0 N–H and O–H groups in total. The minimum atomic E-state index is -3.15. The summed E-state index contributed by atoms with van der Waals surface area (Å²) in [5.41, 5.74) is 4.88. The van der Waals surface area contributed by atoms with Crippen molar-refractivity contribution in [1.29, 1.82) is 0 Å². The van der Waals surface area contributed by atoms with Crippen molar-refractivity contribution >= 4 is 32.3 Å². The Morgan fingerprint density at radius 2 is 1.93 bits per heavy atom. The van der Waals surface area contributed by atoms with Gasteiger partial charge >= 0.3 is 0 Å². The lowest BCUT2D eigenvalue weighted by atomic mass is 9.95. The maximum absolute atomic E-state index is 11.8. The van der Waals surface area contributed by atoms with Gasteiger partial charge in [-0.05, 0) is 65.9 Å². The van der Waals surface area contributed by atoms with Crippen LogP contribution in [0.3, 0.4) is 0 Å². The van der Waals surface area contributed by atoms with Gasteiger partial charge in [-0.3, -0.25) is 0 Å². The molecule has 0 saturated carbocycles. The summed E-state index contributed by atoms with van der Waals surface area (Å²) in [6, 6.07) is 4.17. The second-order valence-corrected chi connectivity index (χ2v) is 10.5. The highest BCUT2D eigenvalue weighted by molar-refractivity contribution is 7.88. The normalized spacial score (nSPS) is 22.2. The van der Waals surface area contributed by atoms with Gasteiger partial charge in [0.15, 0.2) is 5.52 Å². The number of likely N-dealkylation sites (tertiary alicyclic amines) is 1. The number of hydrogen-bond donors (Lipinski definition) is 0. The molecule has 2 aromatic rings. The number of nitrogens with zero attached hydrogens (tertiary/aromatic N) is 5. The molecular weight excluding hydrogens is 390 g/mol. The van der Waals surface area contributed by atoms with E-state index >= 15 is 0 Å². The van der Waals surface area contributed by atoms with Crippen LogP contribution in [-0.4, -0.2) is 80.0 Å². The number of rotatable bonds is 5. The van der Waals surface area contributed by atoms with Crippen LogP contribution in [0.25, 0.3) is 16.6 Å². The molecule has 1 aromatic carbocycles. The van der Waals surface area contributed by atoms with Crippen molar-refractivity contribution in [3.05, 3.63) is 23.8 Å². The third-order valence-electron chi connectivity index (χ3n) is 6.37. The van der Waals surface area contributed by atoms with E-state index in [1.165, 1.54) is 43.0 Å². The van der Waals surface area contributed by atoms with Crippen LogP contribution in [0.2, 0.25) is 0 Å². The first-order valence-corrected chi connectivity index (χ1v) is 12.2. The zero-order valence-electron chi connectivity index (χ0n) is 16.7. The van der Waals surface area contributed by atoms with Crippen LogP contribution in [0.15, 0.2) is 22.8 Å². The highest BCUT2D eigenvalue weighted by Gasteiger charge is 2.31. The molecule has 156 valence electrons. The van der Waals surface area contributed by atoms with Crippen molar-refractivity contribution in [3.63, 3.8) is 0 Å². The van der Waals surface area contributed by atoms with E-state index in [1.807, 2.05) is 12.1 Å². The Morgan fingerprint density at radius 3 is 2.62 bits per heavy atom. The summed E-state index contributed by atoms with van der Waals surface area (Å²) < 4.78 is 30.1. The zero-order valence-corrected chi connectivity index (χ0v) is 17.6. The van der Waals surface area contributed by atoms with E-state index in [2.05, 4.69) is 26.2 Å². The summed E-state index contributed by atoms with van der Waals surface area (Å²) in [4.78, 5) is 4.94. The number of sulfonamides is 1. The Balaban J connectivity index is 1.35. The number of hydrogen-bond acceptors (Lipinski definition) is 7. The fraction of sp³-hybridized carbons (Fsp3) is 0.600. The molecule has 4 heterocycles. The minimum absolute atomic E-state index is 0.417. The summed E-state index contributed by atoms with van der Waals surface area (Å²) in [6.07, 6.45) is 6.63. The quantitative estimate of drug-likeness (QED) is 0.734. The standard InChI is InChI=1S/C20H27N5O3S/c1-29(26,27)25-8-4-16(5-9-25)17-10-18-20(22-28-21-18)19(11-17)24-13-15(14-24)12-23-6-2-3-7-23/h4,10-11,15H,2-3,5-9,12-14H2,1H3. The fourth-order valence-electron chi connectivity index (χ4n) is 4.73. The van der Waals surface area contributed by atoms with Crippen molar-refractivity contribution in [2.24, 2.45) is 5.92 Å². The van der Waals surface area contributed by atoms with Gasteiger partial charge in [-0.15, -0.1) is 0 Å². The number of anilines is 1. The molecule has 0 aliphatic carbocycles. The average molecular weight is 418 g/mol. The van der Waals surface area contributed by atoms with Crippen molar-refractivity contribution in [1.82, 2.24) is 19.5 Å². The van der Waals surface area contributed by atoms with Crippen molar-refractivity contribution in [2.75, 3.05) is 57.0 Å². The predicted molar refractivity (Wildman–Crippen MR) is 112 cm³/mol. The van der Waals surface area contributed by atoms with Gasteiger partial charge in [0.2, 0.25) is 10.0 Å². The summed E-state index contributed by atoms with van der Waals surface area (Å²) in [5, 5.41) is 8.21. The first-order chi connectivity index (χ1) is 14.0. The van der Waals surface area contributed by atoms with Crippen LogP contribution in [0.4, 0.5) is 5.69 Å². The van der Waals surface area contributed by atoms with Crippen LogP contribution < -0.4 is 4.90 Å². The molecule has 0 atom stereocenters. The predicted octanol–water partition coefficient (Wildman–Crippen LogP) is 1.80. The van der Waals surface area contributed by atoms with E-state index in [1.54, 1.807) is 0 Å². The van der Waals surface area contributed by atoms with Crippen molar-refractivity contribution in [2.45, 2.75) is 19.3 Å². The molecular formula is C20H27N5O3S. The van der Waals surface area contributed by atoms with Gasteiger partial charge < -0.3 is 9.80 Å². The van der Waals surface area contributed by atoms with Crippen LogP contribution in [0.5, 0.6) is 0 Å². The molecule has 29 heavy (non-hydrogen) atoms. The van der Waals surface area contributed by atoms with Gasteiger partial charge in [0.25, 0.3) is 0 Å². The molecule has 8 nitrogen and oxygen atoms in total. The Bertz CT molecular complexity index is 1040. The van der Waals surface area contributed by atoms with Crippen molar-refractivity contribution in [3.8, 4) is 0 Å². The van der Waals surface area contributed by atoms with Gasteiger partial charge in [0.05, 0.1) is 11.9 Å².